The molecule has 2 heterocycles. The first-order valence-electron chi connectivity index (χ1n) is 11.2. The Balaban J connectivity index is 2.02. The van der Waals surface area contributed by atoms with Crippen molar-refractivity contribution in [1.82, 2.24) is 14.9 Å². The molecule has 0 unspecified atom stereocenters. The second kappa shape index (κ2) is 8.70. The van der Waals surface area contributed by atoms with Gasteiger partial charge in [0.25, 0.3) is 11.5 Å². The Labute approximate surface area is 215 Å². The van der Waals surface area contributed by atoms with Crippen LogP contribution in [0, 0.1) is 0 Å². The third-order valence-electron chi connectivity index (χ3n) is 5.74. The van der Waals surface area contributed by atoms with Gasteiger partial charge in [-0.1, -0.05) is 57.9 Å². The SMILES string of the molecule is CC(C)(C)NC(=O)c1c2c([nH]c3ccc(Br)cc32)c(-c2ccccc2)c(=O)n1-c1ccc(Cl)cc1. The molecule has 5 nitrogen and oxygen atoms in total. The van der Waals surface area contributed by atoms with E-state index >= 15 is 0 Å². The van der Waals surface area contributed by atoms with Gasteiger partial charge in [-0.05, 0) is 68.8 Å². The minimum atomic E-state index is -0.505. The number of H-pyrrole nitrogens is 1. The van der Waals surface area contributed by atoms with E-state index in [1.54, 1.807) is 24.3 Å². The lowest BCUT2D eigenvalue weighted by Gasteiger charge is -2.23. The van der Waals surface area contributed by atoms with Crippen LogP contribution in [0.15, 0.2) is 82.1 Å². The molecule has 5 rings (SSSR count). The third-order valence-corrected chi connectivity index (χ3v) is 6.48. The number of nitrogens with one attached hydrogen (secondary N) is 2. The summed E-state index contributed by atoms with van der Waals surface area (Å²) in [6.45, 7) is 5.74. The Bertz CT molecular complexity index is 1650. The van der Waals surface area contributed by atoms with Crippen molar-refractivity contribution in [2.24, 2.45) is 0 Å². The number of carbonyl (C=O) groups excluding carboxylic acids is 1. The molecule has 3 aromatic carbocycles. The highest BCUT2D eigenvalue weighted by molar-refractivity contribution is 9.10. The predicted octanol–water partition coefficient (Wildman–Crippen LogP) is 7.08. The topological polar surface area (TPSA) is 66.9 Å². The summed E-state index contributed by atoms with van der Waals surface area (Å²) < 4.78 is 2.37. The number of nitrogens with zero attached hydrogens (tertiary/aromatic N) is 1. The van der Waals surface area contributed by atoms with Crippen molar-refractivity contribution in [3.05, 3.63) is 98.3 Å². The molecule has 0 atom stereocenters. The maximum atomic E-state index is 14.2. The van der Waals surface area contributed by atoms with E-state index in [1.807, 2.05) is 69.3 Å². The Morgan fingerprint density at radius 2 is 1.69 bits per heavy atom. The molecule has 0 fully saturated rings. The fourth-order valence-corrected chi connectivity index (χ4v) is 4.84. The van der Waals surface area contributed by atoms with Gasteiger partial charge in [0.05, 0.1) is 11.1 Å². The van der Waals surface area contributed by atoms with Crippen LogP contribution >= 0.6 is 27.5 Å². The van der Waals surface area contributed by atoms with Gasteiger partial charge in [-0.2, -0.15) is 0 Å². The molecule has 0 aliphatic heterocycles. The Hall–Kier alpha value is -3.35. The Morgan fingerprint density at radius 1 is 1.00 bits per heavy atom. The third kappa shape index (κ3) is 4.28. The number of pyridine rings is 1. The van der Waals surface area contributed by atoms with Gasteiger partial charge in [0.1, 0.15) is 5.69 Å². The van der Waals surface area contributed by atoms with Crippen molar-refractivity contribution in [1.29, 1.82) is 0 Å². The summed E-state index contributed by atoms with van der Waals surface area (Å²) in [5, 5.41) is 5.12. The van der Waals surface area contributed by atoms with Crippen LogP contribution in [0.4, 0.5) is 0 Å². The first kappa shape index (κ1) is 23.4. The van der Waals surface area contributed by atoms with Crippen LogP contribution in [-0.2, 0) is 0 Å². The van der Waals surface area contributed by atoms with Crippen LogP contribution in [-0.4, -0.2) is 21.0 Å². The molecule has 5 aromatic rings. The number of hydrogen-bond acceptors (Lipinski definition) is 2. The van der Waals surface area contributed by atoms with Crippen molar-refractivity contribution in [2.45, 2.75) is 26.3 Å². The summed E-state index contributed by atoms with van der Waals surface area (Å²) in [5.74, 6) is -0.338. The fourth-order valence-electron chi connectivity index (χ4n) is 4.35. The molecule has 0 aliphatic carbocycles. The summed E-state index contributed by atoms with van der Waals surface area (Å²) in [5.41, 5.74) is 2.74. The molecule has 0 bridgehead atoms. The molecule has 2 N–H and O–H groups in total. The van der Waals surface area contributed by atoms with Gasteiger partial charge in [-0.3, -0.25) is 14.2 Å². The predicted molar refractivity (Wildman–Crippen MR) is 147 cm³/mol. The number of carbonyl (C=O) groups is 1. The highest BCUT2D eigenvalue weighted by Gasteiger charge is 2.28. The number of halogens is 2. The van der Waals surface area contributed by atoms with E-state index in [1.165, 1.54) is 4.57 Å². The molecule has 0 saturated heterocycles. The molecule has 7 heteroatoms. The van der Waals surface area contributed by atoms with E-state index in [4.69, 9.17) is 11.6 Å². The summed E-state index contributed by atoms with van der Waals surface area (Å²) in [7, 11) is 0. The standard InChI is InChI=1S/C28H23BrClN3O2/c1-28(2,3)32-26(34)25-23-20-15-17(29)9-14-21(20)31-24(23)22(16-7-5-4-6-8-16)27(35)33(25)19-12-10-18(30)11-13-19/h4-15,31H,1-3H3,(H,32,34). The van der Waals surface area contributed by atoms with Gasteiger partial charge in [0.2, 0.25) is 0 Å². The van der Waals surface area contributed by atoms with Gasteiger partial charge >= 0.3 is 0 Å². The number of hydrogen-bond donors (Lipinski definition) is 2. The number of rotatable bonds is 3. The Kier molecular flexibility index (Phi) is 5.82. The van der Waals surface area contributed by atoms with Gasteiger partial charge < -0.3 is 10.3 Å². The summed E-state index contributed by atoms with van der Waals surface area (Å²) in [4.78, 5) is 31.5. The normalized spacial score (nSPS) is 11.8. The zero-order valence-corrected chi connectivity index (χ0v) is 21.8. The number of aromatic amines is 1. The van der Waals surface area contributed by atoms with Crippen molar-refractivity contribution in [2.75, 3.05) is 0 Å². The van der Waals surface area contributed by atoms with Crippen molar-refractivity contribution in [3.8, 4) is 16.8 Å². The minimum Gasteiger partial charge on any atom is -0.354 e. The second-order valence-corrected chi connectivity index (χ2v) is 10.8. The van der Waals surface area contributed by atoms with Crippen molar-refractivity contribution in [3.63, 3.8) is 0 Å². The summed E-state index contributed by atoms with van der Waals surface area (Å²) >= 11 is 9.72. The lowest BCUT2D eigenvalue weighted by atomic mass is 10.0. The number of aromatic nitrogens is 2. The van der Waals surface area contributed by atoms with Gasteiger partial charge in [-0.25, -0.2) is 0 Å². The van der Waals surface area contributed by atoms with E-state index in [9.17, 15) is 9.59 Å². The average Bonchev–Trinajstić information content (AvgIpc) is 3.16. The number of amides is 1. The van der Waals surface area contributed by atoms with Gasteiger partial charge in [0, 0.05) is 37.0 Å². The molecule has 1 amide bonds. The molecule has 176 valence electrons. The maximum Gasteiger partial charge on any atom is 0.269 e. The molecular weight excluding hydrogens is 526 g/mol. The summed E-state index contributed by atoms with van der Waals surface area (Å²) in [6, 6.07) is 22.3. The van der Waals surface area contributed by atoms with E-state index < -0.39 is 5.54 Å². The van der Waals surface area contributed by atoms with Crippen LogP contribution in [0.5, 0.6) is 0 Å². The maximum absolute atomic E-state index is 14.2. The van der Waals surface area contributed by atoms with Gasteiger partial charge in [0.15, 0.2) is 0 Å². The molecular formula is C28H23BrClN3O2. The highest BCUT2D eigenvalue weighted by atomic mass is 79.9. The molecule has 0 radical (unpaired) electrons. The van der Waals surface area contributed by atoms with Crippen LogP contribution in [0.1, 0.15) is 31.3 Å². The number of fused-ring (bicyclic) bond motifs is 3. The first-order chi connectivity index (χ1) is 16.6. The second-order valence-electron chi connectivity index (χ2n) is 9.48. The zero-order chi connectivity index (χ0) is 24.9. The fraction of sp³-hybridized carbons (Fsp3) is 0.143. The largest absolute Gasteiger partial charge is 0.354 e. The van der Waals surface area contributed by atoms with Crippen LogP contribution in [0.25, 0.3) is 38.6 Å². The van der Waals surface area contributed by atoms with E-state index in [-0.39, 0.29) is 17.2 Å². The van der Waals surface area contributed by atoms with Crippen LogP contribution < -0.4 is 10.9 Å². The quantitative estimate of drug-likeness (QED) is 0.253. The molecule has 35 heavy (non-hydrogen) atoms. The minimum absolute atomic E-state index is 0.270. The molecule has 0 saturated carbocycles. The lowest BCUT2D eigenvalue weighted by Crippen LogP contribution is -2.43. The van der Waals surface area contributed by atoms with E-state index in [2.05, 4.69) is 26.2 Å². The molecule has 0 aliphatic rings. The molecule has 2 aromatic heterocycles. The van der Waals surface area contributed by atoms with Gasteiger partial charge in [-0.15, -0.1) is 0 Å². The van der Waals surface area contributed by atoms with Crippen LogP contribution in [0.3, 0.4) is 0 Å². The van der Waals surface area contributed by atoms with E-state index in [0.29, 0.717) is 27.2 Å². The monoisotopic (exact) mass is 547 g/mol. The van der Waals surface area contributed by atoms with E-state index in [0.717, 1.165) is 20.9 Å². The zero-order valence-electron chi connectivity index (χ0n) is 19.4. The smallest absolute Gasteiger partial charge is 0.269 e. The first-order valence-corrected chi connectivity index (χ1v) is 12.3. The Morgan fingerprint density at radius 3 is 2.34 bits per heavy atom. The van der Waals surface area contributed by atoms with Crippen molar-refractivity contribution < 1.29 is 4.79 Å². The number of benzene rings is 3. The lowest BCUT2D eigenvalue weighted by molar-refractivity contribution is 0.0913. The molecule has 0 spiro atoms. The van der Waals surface area contributed by atoms with Crippen molar-refractivity contribution >= 4 is 55.2 Å². The summed E-state index contributed by atoms with van der Waals surface area (Å²) in [6.07, 6.45) is 0. The highest BCUT2D eigenvalue weighted by Crippen LogP contribution is 2.36. The van der Waals surface area contributed by atoms with Crippen LogP contribution in [0.2, 0.25) is 5.02 Å². The average molecular weight is 549 g/mol.